The fourth-order valence-corrected chi connectivity index (χ4v) is 3.84. The van der Waals surface area contributed by atoms with Gasteiger partial charge in [-0.3, -0.25) is 4.40 Å². The number of thiazole rings is 1. The van der Waals surface area contributed by atoms with Crippen molar-refractivity contribution in [2.75, 3.05) is 6.61 Å². The smallest absolute Gasteiger partial charge is 0.357 e. The first kappa shape index (κ1) is 19.2. The standard InChI is InChI=1S/C19H17N3O3S.ClH/c1-2-24-18(23)15-11-21-19-22(15)14-8-7-13(9-17(14)26-19)25-16-6-4-3-5-12(16)10-20;/h3-9,11H,2,10,20H2,1H3;1H. The summed E-state index contributed by atoms with van der Waals surface area (Å²) < 4.78 is 13.9. The Morgan fingerprint density at radius 2 is 2.07 bits per heavy atom. The van der Waals surface area contributed by atoms with E-state index < -0.39 is 0 Å². The van der Waals surface area contributed by atoms with Crippen LogP contribution in [0.5, 0.6) is 11.5 Å². The average Bonchev–Trinajstić information content (AvgIpc) is 3.21. The fourth-order valence-electron chi connectivity index (χ4n) is 2.81. The van der Waals surface area contributed by atoms with Crippen LogP contribution in [0.1, 0.15) is 23.0 Å². The molecule has 2 heterocycles. The van der Waals surface area contributed by atoms with Crippen molar-refractivity contribution in [3.05, 3.63) is 59.9 Å². The van der Waals surface area contributed by atoms with Gasteiger partial charge in [0.05, 0.1) is 23.0 Å². The zero-order chi connectivity index (χ0) is 18.1. The summed E-state index contributed by atoms with van der Waals surface area (Å²) in [7, 11) is 0. The van der Waals surface area contributed by atoms with Crippen LogP contribution in [0.4, 0.5) is 0 Å². The molecule has 27 heavy (non-hydrogen) atoms. The molecule has 0 atom stereocenters. The molecule has 0 unspecified atom stereocenters. The summed E-state index contributed by atoms with van der Waals surface area (Å²) in [5.74, 6) is 1.07. The van der Waals surface area contributed by atoms with Crippen LogP contribution in [0.15, 0.2) is 48.7 Å². The molecule has 0 aliphatic carbocycles. The number of aromatic nitrogens is 2. The number of hydrogen-bond acceptors (Lipinski definition) is 6. The number of rotatable bonds is 5. The third-order valence-corrected chi connectivity index (χ3v) is 5.03. The van der Waals surface area contributed by atoms with Gasteiger partial charge in [0.1, 0.15) is 11.5 Å². The Balaban J connectivity index is 0.00000210. The summed E-state index contributed by atoms with van der Waals surface area (Å²) in [5.41, 5.74) is 8.03. The summed E-state index contributed by atoms with van der Waals surface area (Å²) in [4.78, 5) is 17.2. The quantitative estimate of drug-likeness (QED) is 0.499. The number of nitrogens with two attached hydrogens (primary N) is 1. The Morgan fingerprint density at radius 3 is 2.85 bits per heavy atom. The van der Waals surface area contributed by atoms with Crippen molar-refractivity contribution >= 4 is 44.9 Å². The van der Waals surface area contributed by atoms with E-state index in [1.165, 1.54) is 11.3 Å². The van der Waals surface area contributed by atoms with E-state index >= 15 is 0 Å². The molecule has 4 rings (SSSR count). The number of ether oxygens (including phenoxy) is 2. The molecule has 140 valence electrons. The zero-order valence-corrected chi connectivity index (χ0v) is 16.2. The molecule has 0 aliphatic rings. The topological polar surface area (TPSA) is 78.8 Å². The Kier molecular flexibility index (Phi) is 5.65. The molecule has 2 N–H and O–H groups in total. The van der Waals surface area contributed by atoms with Crippen molar-refractivity contribution in [2.45, 2.75) is 13.5 Å². The number of hydrogen-bond donors (Lipinski definition) is 1. The van der Waals surface area contributed by atoms with Crippen molar-refractivity contribution in [3.63, 3.8) is 0 Å². The van der Waals surface area contributed by atoms with Gasteiger partial charge in [-0.1, -0.05) is 29.5 Å². The number of carbonyl (C=O) groups excluding carboxylic acids is 1. The predicted molar refractivity (Wildman–Crippen MR) is 108 cm³/mol. The molecule has 0 saturated carbocycles. The van der Waals surface area contributed by atoms with Crippen LogP contribution in [0.25, 0.3) is 15.2 Å². The average molecular weight is 404 g/mol. The van der Waals surface area contributed by atoms with E-state index in [1.807, 2.05) is 46.9 Å². The molecule has 8 heteroatoms. The zero-order valence-electron chi connectivity index (χ0n) is 14.5. The molecule has 0 bridgehead atoms. The number of benzene rings is 2. The van der Waals surface area contributed by atoms with Crippen molar-refractivity contribution in [1.82, 2.24) is 9.38 Å². The molecule has 0 amide bonds. The number of fused-ring (bicyclic) bond motifs is 3. The van der Waals surface area contributed by atoms with Gasteiger partial charge in [-0.25, -0.2) is 9.78 Å². The summed E-state index contributed by atoms with van der Waals surface area (Å²) in [6.45, 7) is 2.52. The minimum atomic E-state index is -0.378. The molecular formula is C19H18ClN3O3S. The maximum atomic E-state index is 12.1. The molecule has 0 fully saturated rings. The second-order valence-corrected chi connectivity index (χ2v) is 6.64. The van der Waals surface area contributed by atoms with Crippen molar-refractivity contribution < 1.29 is 14.3 Å². The van der Waals surface area contributed by atoms with Crippen LogP contribution in [0.3, 0.4) is 0 Å². The Morgan fingerprint density at radius 1 is 1.26 bits per heavy atom. The summed E-state index contributed by atoms with van der Waals surface area (Å²) >= 11 is 1.49. The van der Waals surface area contributed by atoms with Crippen LogP contribution in [0, 0.1) is 0 Å². The predicted octanol–water partition coefficient (Wildman–Crippen LogP) is 4.40. The largest absolute Gasteiger partial charge is 0.461 e. The monoisotopic (exact) mass is 403 g/mol. The number of carbonyl (C=O) groups is 1. The molecule has 0 radical (unpaired) electrons. The Bertz CT molecular complexity index is 1110. The van der Waals surface area contributed by atoms with Gasteiger partial charge in [-0.2, -0.15) is 0 Å². The van der Waals surface area contributed by atoms with Gasteiger partial charge < -0.3 is 15.2 Å². The van der Waals surface area contributed by atoms with E-state index in [2.05, 4.69) is 4.98 Å². The minimum Gasteiger partial charge on any atom is -0.461 e. The van der Waals surface area contributed by atoms with Crippen LogP contribution in [-0.4, -0.2) is 22.0 Å². The van der Waals surface area contributed by atoms with E-state index in [4.69, 9.17) is 15.2 Å². The van der Waals surface area contributed by atoms with Gasteiger partial charge >= 0.3 is 5.97 Å². The van der Waals surface area contributed by atoms with Gasteiger partial charge in [-0.15, -0.1) is 12.4 Å². The normalized spacial score (nSPS) is 10.7. The van der Waals surface area contributed by atoms with Crippen molar-refractivity contribution in [3.8, 4) is 11.5 Å². The van der Waals surface area contributed by atoms with E-state index in [0.717, 1.165) is 26.5 Å². The highest BCUT2D eigenvalue weighted by Gasteiger charge is 2.17. The molecule has 2 aromatic carbocycles. The maximum Gasteiger partial charge on any atom is 0.357 e. The van der Waals surface area contributed by atoms with Crippen molar-refractivity contribution in [2.24, 2.45) is 5.73 Å². The highest BCUT2D eigenvalue weighted by molar-refractivity contribution is 7.23. The Labute approximate surface area is 165 Å². The summed E-state index contributed by atoms with van der Waals surface area (Å²) in [5, 5.41) is 0. The molecular weight excluding hydrogens is 386 g/mol. The maximum absolute atomic E-state index is 12.1. The highest BCUT2D eigenvalue weighted by Crippen LogP contribution is 2.33. The molecule has 0 spiro atoms. The third kappa shape index (κ3) is 3.49. The van der Waals surface area contributed by atoms with Gasteiger partial charge in [0.15, 0.2) is 10.7 Å². The lowest BCUT2D eigenvalue weighted by molar-refractivity contribution is 0.0519. The van der Waals surface area contributed by atoms with Crippen LogP contribution >= 0.6 is 23.7 Å². The highest BCUT2D eigenvalue weighted by atomic mass is 35.5. The second-order valence-electron chi connectivity index (χ2n) is 5.63. The van der Waals surface area contributed by atoms with Gasteiger partial charge in [0.25, 0.3) is 0 Å². The van der Waals surface area contributed by atoms with Crippen LogP contribution < -0.4 is 10.5 Å². The first-order valence-corrected chi connectivity index (χ1v) is 9.06. The second kappa shape index (κ2) is 7.96. The van der Waals surface area contributed by atoms with E-state index in [1.54, 1.807) is 13.1 Å². The van der Waals surface area contributed by atoms with Gasteiger partial charge in [0, 0.05) is 18.2 Å². The lowest BCUT2D eigenvalue weighted by Crippen LogP contribution is -2.07. The van der Waals surface area contributed by atoms with E-state index in [-0.39, 0.29) is 18.4 Å². The van der Waals surface area contributed by atoms with Gasteiger partial charge in [0.2, 0.25) is 0 Å². The Hall–Kier alpha value is -2.61. The lowest BCUT2D eigenvalue weighted by Gasteiger charge is -2.09. The number of halogens is 1. The molecule has 6 nitrogen and oxygen atoms in total. The molecule has 2 aromatic heterocycles. The first-order valence-electron chi connectivity index (χ1n) is 8.24. The number of imidazole rings is 1. The molecule has 0 saturated heterocycles. The summed E-state index contributed by atoms with van der Waals surface area (Å²) in [6, 6.07) is 13.4. The number of nitrogens with zero attached hydrogens (tertiary/aromatic N) is 2. The third-order valence-electron chi connectivity index (χ3n) is 4.01. The van der Waals surface area contributed by atoms with Crippen LogP contribution in [-0.2, 0) is 11.3 Å². The fraction of sp³-hybridized carbons (Fsp3) is 0.158. The lowest BCUT2D eigenvalue weighted by atomic mass is 10.2. The molecule has 0 aliphatic heterocycles. The number of esters is 1. The van der Waals surface area contributed by atoms with E-state index in [0.29, 0.717) is 24.6 Å². The van der Waals surface area contributed by atoms with Crippen molar-refractivity contribution in [1.29, 1.82) is 0 Å². The minimum absolute atomic E-state index is 0. The summed E-state index contributed by atoms with van der Waals surface area (Å²) in [6.07, 6.45) is 1.55. The van der Waals surface area contributed by atoms with E-state index in [9.17, 15) is 4.79 Å². The molecule has 4 aromatic rings. The van der Waals surface area contributed by atoms with Gasteiger partial charge in [-0.05, 0) is 25.1 Å². The number of para-hydroxylation sites is 1. The SMILES string of the molecule is CCOC(=O)c1cnc2sc3cc(Oc4ccccc4CN)ccc3n12.Cl. The van der Waals surface area contributed by atoms with Crippen LogP contribution in [0.2, 0.25) is 0 Å². The first-order chi connectivity index (χ1) is 12.7.